The predicted molar refractivity (Wildman–Crippen MR) is 49.1 cm³/mol. The highest BCUT2D eigenvalue weighted by Crippen LogP contribution is 2.75. The molecule has 3 rings (SSSR count). The second-order valence-corrected chi connectivity index (χ2v) is 4.73. The van der Waals surface area contributed by atoms with Gasteiger partial charge in [-0.3, -0.25) is 14.0 Å². The SMILES string of the molecule is CON(C)C(=O)C12CC(CCF)(C1)C2. The molecule has 3 saturated carbocycles. The molecule has 0 N–H and O–H groups in total. The van der Waals surface area contributed by atoms with Crippen molar-refractivity contribution in [2.75, 3.05) is 20.8 Å². The van der Waals surface area contributed by atoms with Crippen LogP contribution in [0, 0.1) is 10.8 Å². The van der Waals surface area contributed by atoms with Crippen molar-refractivity contribution < 1.29 is 14.0 Å². The summed E-state index contributed by atoms with van der Waals surface area (Å²) in [6.07, 6.45) is 3.20. The van der Waals surface area contributed by atoms with E-state index in [2.05, 4.69) is 0 Å². The van der Waals surface area contributed by atoms with E-state index in [1.54, 1.807) is 7.05 Å². The second kappa shape index (κ2) is 2.92. The lowest BCUT2D eigenvalue weighted by Gasteiger charge is -2.69. The molecule has 1 amide bonds. The minimum atomic E-state index is -0.260. The first kappa shape index (κ1) is 9.90. The van der Waals surface area contributed by atoms with Crippen LogP contribution in [0.1, 0.15) is 25.7 Å². The molecular weight excluding hydrogens is 185 g/mol. The molecule has 0 saturated heterocycles. The van der Waals surface area contributed by atoms with E-state index in [1.807, 2.05) is 0 Å². The standard InChI is InChI=1S/C10H16FNO2/c1-12(14-2)8(13)10-5-9(6-10,7-10)3-4-11/h3-7H2,1-2H3. The molecular formula is C10H16FNO2. The summed E-state index contributed by atoms with van der Waals surface area (Å²) in [5.74, 6) is 0.0562. The Kier molecular flexibility index (Phi) is 2.07. The van der Waals surface area contributed by atoms with Crippen LogP contribution in [0.2, 0.25) is 0 Å². The highest BCUT2D eigenvalue weighted by Gasteiger charge is 2.71. The van der Waals surface area contributed by atoms with Gasteiger partial charge in [-0.2, -0.15) is 0 Å². The van der Waals surface area contributed by atoms with Crippen molar-refractivity contribution >= 4 is 5.91 Å². The Morgan fingerprint density at radius 1 is 1.50 bits per heavy atom. The van der Waals surface area contributed by atoms with E-state index in [9.17, 15) is 9.18 Å². The Morgan fingerprint density at radius 2 is 2.07 bits per heavy atom. The van der Waals surface area contributed by atoms with Crippen LogP contribution in [0.4, 0.5) is 4.39 Å². The quantitative estimate of drug-likeness (QED) is 0.646. The smallest absolute Gasteiger partial charge is 0.252 e. The Morgan fingerprint density at radius 3 is 2.50 bits per heavy atom. The largest absolute Gasteiger partial charge is 0.275 e. The summed E-state index contributed by atoms with van der Waals surface area (Å²) in [4.78, 5) is 16.6. The zero-order valence-electron chi connectivity index (χ0n) is 8.68. The summed E-state index contributed by atoms with van der Waals surface area (Å²) in [5.41, 5.74) is -0.0288. The van der Waals surface area contributed by atoms with E-state index >= 15 is 0 Å². The molecule has 0 unspecified atom stereocenters. The minimum absolute atomic E-state index is 0.0562. The number of hydrogen-bond acceptors (Lipinski definition) is 2. The van der Waals surface area contributed by atoms with Gasteiger partial charge >= 0.3 is 0 Å². The van der Waals surface area contributed by atoms with Gasteiger partial charge in [-0.05, 0) is 31.1 Å². The van der Waals surface area contributed by atoms with Gasteiger partial charge in [0.05, 0.1) is 19.2 Å². The van der Waals surface area contributed by atoms with Gasteiger partial charge in [-0.15, -0.1) is 0 Å². The van der Waals surface area contributed by atoms with Gasteiger partial charge in [-0.1, -0.05) is 0 Å². The molecule has 3 fully saturated rings. The van der Waals surface area contributed by atoms with Gasteiger partial charge < -0.3 is 0 Å². The molecule has 14 heavy (non-hydrogen) atoms. The maximum atomic E-state index is 12.2. The van der Waals surface area contributed by atoms with Crippen LogP contribution in [0.15, 0.2) is 0 Å². The molecule has 0 spiro atoms. The summed E-state index contributed by atoms with van der Waals surface area (Å²) in [6, 6.07) is 0. The first-order chi connectivity index (χ1) is 6.57. The molecule has 3 aliphatic carbocycles. The van der Waals surface area contributed by atoms with Crippen LogP contribution in [-0.2, 0) is 9.63 Å². The fraction of sp³-hybridized carbons (Fsp3) is 0.900. The van der Waals surface area contributed by atoms with Crippen molar-refractivity contribution in [3.8, 4) is 0 Å². The molecule has 0 aliphatic heterocycles. The van der Waals surface area contributed by atoms with Crippen molar-refractivity contribution in [1.82, 2.24) is 5.06 Å². The zero-order chi connectivity index (χ0) is 10.4. The van der Waals surface area contributed by atoms with Gasteiger partial charge in [0.15, 0.2) is 0 Å². The number of rotatable bonds is 4. The Bertz CT molecular complexity index is 247. The molecule has 0 aromatic carbocycles. The first-order valence-electron chi connectivity index (χ1n) is 4.96. The van der Waals surface area contributed by atoms with Crippen LogP contribution in [0.5, 0.6) is 0 Å². The summed E-state index contributed by atoms with van der Waals surface area (Å²) in [6.45, 7) is -0.260. The highest BCUT2D eigenvalue weighted by atomic mass is 19.1. The molecule has 3 nitrogen and oxygen atoms in total. The van der Waals surface area contributed by atoms with Crippen LogP contribution in [-0.4, -0.2) is 31.8 Å². The number of hydrogen-bond donors (Lipinski definition) is 0. The van der Waals surface area contributed by atoms with Crippen molar-refractivity contribution in [2.45, 2.75) is 25.7 Å². The molecule has 3 aliphatic rings. The van der Waals surface area contributed by atoms with E-state index in [0.29, 0.717) is 6.42 Å². The lowest BCUT2D eigenvalue weighted by molar-refractivity contribution is -0.242. The van der Waals surface area contributed by atoms with Gasteiger partial charge in [0, 0.05) is 7.05 Å². The van der Waals surface area contributed by atoms with E-state index in [0.717, 1.165) is 19.3 Å². The summed E-state index contributed by atoms with van der Waals surface area (Å²) >= 11 is 0. The summed E-state index contributed by atoms with van der Waals surface area (Å²) < 4.78 is 12.2. The number of carbonyl (C=O) groups excluding carboxylic acids is 1. The summed E-state index contributed by atoms with van der Waals surface area (Å²) in [7, 11) is 3.12. The van der Waals surface area contributed by atoms with Crippen molar-refractivity contribution in [3.05, 3.63) is 0 Å². The van der Waals surface area contributed by atoms with Crippen molar-refractivity contribution in [2.24, 2.45) is 10.8 Å². The van der Waals surface area contributed by atoms with Crippen molar-refractivity contribution in [3.63, 3.8) is 0 Å². The average molecular weight is 201 g/mol. The van der Waals surface area contributed by atoms with E-state index in [-0.39, 0.29) is 23.4 Å². The normalized spacial score (nSPS) is 38.5. The van der Waals surface area contributed by atoms with Crippen LogP contribution < -0.4 is 0 Å². The molecule has 2 bridgehead atoms. The zero-order valence-corrected chi connectivity index (χ0v) is 8.68. The Hall–Kier alpha value is -0.640. The predicted octanol–water partition coefficient (Wildman–Crippen LogP) is 1.54. The molecule has 0 aromatic heterocycles. The maximum absolute atomic E-state index is 12.2. The van der Waals surface area contributed by atoms with Gasteiger partial charge in [0.25, 0.3) is 5.91 Å². The average Bonchev–Trinajstić information content (AvgIpc) is 2.06. The fourth-order valence-corrected chi connectivity index (χ4v) is 3.11. The third-order valence-electron chi connectivity index (χ3n) is 3.78. The van der Waals surface area contributed by atoms with E-state index < -0.39 is 0 Å². The highest BCUT2D eigenvalue weighted by molar-refractivity contribution is 5.85. The number of nitrogens with zero attached hydrogens (tertiary/aromatic N) is 1. The lowest BCUT2D eigenvalue weighted by atomic mass is 9.34. The molecule has 0 radical (unpaired) electrons. The molecule has 4 heteroatoms. The third kappa shape index (κ3) is 1.10. The van der Waals surface area contributed by atoms with Crippen LogP contribution >= 0.6 is 0 Å². The lowest BCUT2D eigenvalue weighted by Crippen LogP contribution is -2.67. The maximum Gasteiger partial charge on any atom is 0.252 e. The fourth-order valence-electron chi connectivity index (χ4n) is 3.11. The topological polar surface area (TPSA) is 29.5 Å². The van der Waals surface area contributed by atoms with Crippen molar-refractivity contribution in [1.29, 1.82) is 0 Å². The number of hydroxylamine groups is 2. The van der Waals surface area contributed by atoms with E-state index in [1.165, 1.54) is 12.2 Å². The second-order valence-electron chi connectivity index (χ2n) is 4.73. The molecule has 80 valence electrons. The number of alkyl halides is 1. The van der Waals surface area contributed by atoms with Gasteiger partial charge in [-0.25, -0.2) is 5.06 Å². The van der Waals surface area contributed by atoms with Crippen LogP contribution in [0.3, 0.4) is 0 Å². The Labute approximate surface area is 83.2 Å². The third-order valence-corrected chi connectivity index (χ3v) is 3.78. The monoisotopic (exact) mass is 201 g/mol. The molecule has 0 aromatic rings. The summed E-state index contributed by atoms with van der Waals surface area (Å²) in [5, 5.41) is 1.29. The van der Waals surface area contributed by atoms with Crippen LogP contribution in [0.25, 0.3) is 0 Å². The minimum Gasteiger partial charge on any atom is -0.275 e. The molecule has 0 heterocycles. The first-order valence-corrected chi connectivity index (χ1v) is 4.96. The number of halogens is 1. The van der Waals surface area contributed by atoms with Gasteiger partial charge in [0.1, 0.15) is 0 Å². The number of amides is 1. The van der Waals surface area contributed by atoms with Gasteiger partial charge in [0.2, 0.25) is 0 Å². The van der Waals surface area contributed by atoms with E-state index in [4.69, 9.17) is 4.84 Å². The molecule has 0 atom stereocenters. The Balaban J connectivity index is 1.91. The number of carbonyl (C=O) groups is 1.